The molecule has 6 nitrogen and oxygen atoms in total. The van der Waals surface area contributed by atoms with Crippen molar-refractivity contribution in [2.45, 2.75) is 31.2 Å². The Hall–Kier alpha value is -0.440. The molecule has 0 unspecified atom stereocenters. The minimum Gasteiger partial charge on any atom is -0.394 e. The molecule has 21 heavy (non-hydrogen) atoms. The molecule has 1 fully saturated rings. The number of halogens is 2. The molecule has 0 saturated carbocycles. The van der Waals surface area contributed by atoms with E-state index >= 15 is 0 Å². The van der Waals surface area contributed by atoms with Crippen LogP contribution < -0.4 is 0 Å². The van der Waals surface area contributed by atoms with Crippen molar-refractivity contribution in [3.8, 4) is 0 Å². The monoisotopic (exact) mass is 338 g/mol. The molecule has 1 aliphatic rings. The Morgan fingerprint density at radius 3 is 2.57 bits per heavy atom. The minimum atomic E-state index is -1.23. The summed E-state index contributed by atoms with van der Waals surface area (Å²) in [5, 5.41) is 29.1. The van der Waals surface area contributed by atoms with Crippen LogP contribution in [0.25, 0.3) is 0 Å². The third-order valence-corrected chi connectivity index (χ3v) is 3.67. The Labute approximate surface area is 131 Å². The van der Waals surface area contributed by atoms with Crippen LogP contribution in [-0.2, 0) is 20.8 Å². The maximum atomic E-state index is 9.65. The molecule has 2 rings (SSSR count). The van der Waals surface area contributed by atoms with E-state index in [0.717, 1.165) is 5.56 Å². The van der Waals surface area contributed by atoms with Crippen molar-refractivity contribution < 1.29 is 29.5 Å². The minimum absolute atomic E-state index is 0.161. The van der Waals surface area contributed by atoms with E-state index in [-0.39, 0.29) is 13.4 Å². The van der Waals surface area contributed by atoms with Crippen LogP contribution in [0.3, 0.4) is 0 Å². The molecule has 8 heteroatoms. The van der Waals surface area contributed by atoms with Gasteiger partial charge in [-0.3, -0.25) is 0 Å². The lowest BCUT2D eigenvalue weighted by Gasteiger charge is -2.15. The zero-order valence-corrected chi connectivity index (χ0v) is 12.5. The fourth-order valence-electron chi connectivity index (χ4n) is 1.91. The molecule has 118 valence electrons. The van der Waals surface area contributed by atoms with Crippen molar-refractivity contribution in [1.82, 2.24) is 0 Å². The molecule has 1 saturated heterocycles. The third-order valence-electron chi connectivity index (χ3n) is 3.09. The van der Waals surface area contributed by atoms with Crippen LogP contribution in [0.2, 0.25) is 10.0 Å². The molecule has 0 spiro atoms. The van der Waals surface area contributed by atoms with Gasteiger partial charge in [0.15, 0.2) is 6.29 Å². The molecular weight excluding hydrogens is 323 g/mol. The zero-order valence-electron chi connectivity index (χ0n) is 11.0. The quantitative estimate of drug-likeness (QED) is 0.528. The van der Waals surface area contributed by atoms with E-state index < -0.39 is 31.2 Å². The number of benzene rings is 1. The summed E-state index contributed by atoms with van der Waals surface area (Å²) in [5.74, 6) is 0. The van der Waals surface area contributed by atoms with Gasteiger partial charge in [-0.25, -0.2) is 0 Å². The average molecular weight is 339 g/mol. The standard InChI is InChI=1S/C13H16Cl2O6/c14-8-2-1-7(9(15)3-8)5-19-6-20-13-12(18)11(17)10(4-16)21-13/h1-3,10-13,16-18H,4-6H2/t10-,11-,12-,13+/m1/s1. The predicted molar refractivity (Wildman–Crippen MR) is 75.0 cm³/mol. The second kappa shape index (κ2) is 7.71. The number of ether oxygens (including phenoxy) is 3. The van der Waals surface area contributed by atoms with E-state index in [1.165, 1.54) is 0 Å². The van der Waals surface area contributed by atoms with Crippen molar-refractivity contribution >= 4 is 23.2 Å². The Balaban J connectivity index is 1.75. The molecule has 1 aromatic carbocycles. The third kappa shape index (κ3) is 4.28. The number of hydrogen-bond donors (Lipinski definition) is 3. The Kier molecular flexibility index (Phi) is 6.21. The maximum Gasteiger partial charge on any atom is 0.189 e. The summed E-state index contributed by atoms with van der Waals surface area (Å²) in [4.78, 5) is 0. The topological polar surface area (TPSA) is 88.4 Å². The van der Waals surface area contributed by atoms with Crippen molar-refractivity contribution in [2.24, 2.45) is 0 Å². The summed E-state index contributed by atoms with van der Waals surface area (Å²) in [6.45, 7) is -0.365. The molecule has 4 atom stereocenters. The molecule has 0 bridgehead atoms. The molecule has 1 aromatic rings. The highest BCUT2D eigenvalue weighted by molar-refractivity contribution is 6.35. The van der Waals surface area contributed by atoms with E-state index in [1.54, 1.807) is 18.2 Å². The van der Waals surface area contributed by atoms with Crippen LogP contribution >= 0.6 is 23.2 Å². The van der Waals surface area contributed by atoms with Gasteiger partial charge < -0.3 is 29.5 Å². The predicted octanol–water partition coefficient (Wildman–Crippen LogP) is 0.923. The van der Waals surface area contributed by atoms with Crippen LogP contribution in [0.4, 0.5) is 0 Å². The Bertz CT molecular complexity index is 472. The van der Waals surface area contributed by atoms with E-state index in [2.05, 4.69) is 0 Å². The smallest absolute Gasteiger partial charge is 0.189 e. The van der Waals surface area contributed by atoms with Crippen molar-refractivity contribution in [3.05, 3.63) is 33.8 Å². The molecule has 1 aliphatic heterocycles. The number of rotatable bonds is 6. The first kappa shape index (κ1) is 16.9. The molecule has 1 heterocycles. The number of hydrogen-bond acceptors (Lipinski definition) is 6. The second-order valence-electron chi connectivity index (χ2n) is 4.58. The van der Waals surface area contributed by atoms with E-state index in [4.69, 9.17) is 42.5 Å². The van der Waals surface area contributed by atoms with E-state index in [9.17, 15) is 10.2 Å². The van der Waals surface area contributed by atoms with Crippen LogP contribution in [-0.4, -0.2) is 53.3 Å². The summed E-state index contributed by atoms with van der Waals surface area (Å²) in [7, 11) is 0. The molecule has 3 N–H and O–H groups in total. The fourth-order valence-corrected chi connectivity index (χ4v) is 2.37. The van der Waals surface area contributed by atoms with Gasteiger partial charge in [-0.05, 0) is 17.7 Å². The summed E-state index contributed by atoms with van der Waals surface area (Å²) in [6.07, 6.45) is -4.33. The lowest BCUT2D eigenvalue weighted by molar-refractivity contribution is -0.215. The van der Waals surface area contributed by atoms with Gasteiger partial charge in [0.2, 0.25) is 0 Å². The second-order valence-corrected chi connectivity index (χ2v) is 5.42. The van der Waals surface area contributed by atoms with Gasteiger partial charge in [-0.2, -0.15) is 0 Å². The fraction of sp³-hybridized carbons (Fsp3) is 0.538. The molecule has 0 amide bonds. The Morgan fingerprint density at radius 2 is 1.95 bits per heavy atom. The van der Waals surface area contributed by atoms with Gasteiger partial charge in [0, 0.05) is 10.0 Å². The zero-order chi connectivity index (χ0) is 15.4. The summed E-state index contributed by atoms with van der Waals surface area (Å²) in [5.41, 5.74) is 0.742. The first-order valence-corrected chi connectivity index (χ1v) is 7.04. The highest BCUT2D eigenvalue weighted by atomic mass is 35.5. The largest absolute Gasteiger partial charge is 0.394 e. The van der Waals surface area contributed by atoms with Gasteiger partial charge in [0.05, 0.1) is 13.2 Å². The molecule has 0 radical (unpaired) electrons. The van der Waals surface area contributed by atoms with Crippen molar-refractivity contribution in [2.75, 3.05) is 13.4 Å². The average Bonchev–Trinajstić information content (AvgIpc) is 2.73. The molecule has 0 aliphatic carbocycles. The van der Waals surface area contributed by atoms with Crippen LogP contribution in [0.1, 0.15) is 5.56 Å². The van der Waals surface area contributed by atoms with Crippen LogP contribution in [0, 0.1) is 0 Å². The summed E-state index contributed by atoms with van der Waals surface area (Å²) >= 11 is 11.8. The van der Waals surface area contributed by atoms with Gasteiger partial charge in [0.1, 0.15) is 25.1 Å². The lowest BCUT2D eigenvalue weighted by Crippen LogP contribution is -2.34. The summed E-state index contributed by atoms with van der Waals surface area (Å²) < 4.78 is 15.6. The first-order valence-electron chi connectivity index (χ1n) is 6.28. The normalized spacial score (nSPS) is 29.0. The summed E-state index contributed by atoms with van der Waals surface area (Å²) in [6, 6.07) is 5.03. The highest BCUT2D eigenvalue weighted by Gasteiger charge is 2.43. The van der Waals surface area contributed by atoms with Gasteiger partial charge in [0.25, 0.3) is 0 Å². The van der Waals surface area contributed by atoms with Gasteiger partial charge >= 0.3 is 0 Å². The number of aliphatic hydroxyl groups is 3. The highest BCUT2D eigenvalue weighted by Crippen LogP contribution is 2.23. The SMILES string of the molecule is OC[C@H]1O[C@H](OCOCc2ccc(Cl)cc2Cl)[C@H](O)[C@@H]1O. The maximum absolute atomic E-state index is 9.65. The lowest BCUT2D eigenvalue weighted by atomic mass is 10.1. The van der Waals surface area contributed by atoms with Crippen LogP contribution in [0.5, 0.6) is 0 Å². The van der Waals surface area contributed by atoms with Crippen molar-refractivity contribution in [3.63, 3.8) is 0 Å². The van der Waals surface area contributed by atoms with Crippen LogP contribution in [0.15, 0.2) is 18.2 Å². The van der Waals surface area contributed by atoms with Crippen molar-refractivity contribution in [1.29, 1.82) is 0 Å². The Morgan fingerprint density at radius 1 is 1.19 bits per heavy atom. The van der Waals surface area contributed by atoms with E-state index in [0.29, 0.717) is 10.0 Å². The van der Waals surface area contributed by atoms with E-state index in [1.807, 2.05) is 0 Å². The molecule has 0 aromatic heterocycles. The molecular formula is C13H16Cl2O6. The number of aliphatic hydroxyl groups excluding tert-OH is 3. The first-order chi connectivity index (χ1) is 10.0. The van der Waals surface area contributed by atoms with Gasteiger partial charge in [-0.1, -0.05) is 29.3 Å². The van der Waals surface area contributed by atoms with Gasteiger partial charge in [-0.15, -0.1) is 0 Å².